The Labute approximate surface area is 194 Å². The molecule has 0 unspecified atom stereocenters. The molecule has 0 radical (unpaired) electrons. The predicted octanol–water partition coefficient (Wildman–Crippen LogP) is 2.71. The molecule has 0 aliphatic carbocycles. The van der Waals surface area contributed by atoms with Gasteiger partial charge in [-0.15, -0.1) is 0 Å². The highest BCUT2D eigenvalue weighted by Crippen LogP contribution is 2.27. The van der Waals surface area contributed by atoms with Crippen molar-refractivity contribution in [1.82, 2.24) is 14.9 Å². The minimum Gasteiger partial charge on any atom is -0.495 e. The normalized spacial score (nSPS) is 15.4. The van der Waals surface area contributed by atoms with Crippen LogP contribution in [0.2, 0.25) is 0 Å². The van der Waals surface area contributed by atoms with Crippen molar-refractivity contribution in [1.29, 1.82) is 0 Å². The number of likely N-dealkylation sites (tertiary alicyclic amines) is 1. The molecule has 2 heterocycles. The van der Waals surface area contributed by atoms with E-state index < -0.39 is 15.6 Å². The molecule has 3 rings (SSSR count). The number of piperidine rings is 1. The number of benzene rings is 1. The standard InChI is InChI=1S/C23H31N3O6S/c1-15-10-13-32-20(15)21(27)24-17-8-11-26(12-9-17)22(28)16-6-7-18(31-5)19(14-16)33(29,30)25-23(2,3)4/h6-7,10,13-14,17,25H,8-9,11-12H2,1-5H3,(H,24,27). The highest BCUT2D eigenvalue weighted by molar-refractivity contribution is 7.89. The second-order valence-electron chi connectivity index (χ2n) is 9.19. The molecule has 10 heteroatoms. The van der Waals surface area contributed by atoms with Crippen LogP contribution in [-0.4, -0.2) is 56.9 Å². The fourth-order valence-electron chi connectivity index (χ4n) is 3.74. The number of carbonyl (C=O) groups excluding carboxylic acids is 2. The van der Waals surface area contributed by atoms with Crippen molar-refractivity contribution in [2.75, 3.05) is 20.2 Å². The third-order valence-corrected chi connectivity index (χ3v) is 7.11. The van der Waals surface area contributed by atoms with Crippen molar-refractivity contribution in [3.05, 3.63) is 47.4 Å². The molecule has 2 aromatic rings. The summed E-state index contributed by atoms with van der Waals surface area (Å²) >= 11 is 0. The summed E-state index contributed by atoms with van der Waals surface area (Å²) in [5.74, 6) is -0.0718. The number of hydrogen-bond acceptors (Lipinski definition) is 6. The summed E-state index contributed by atoms with van der Waals surface area (Å²) in [6, 6.07) is 6.06. The van der Waals surface area contributed by atoms with Gasteiger partial charge in [0.15, 0.2) is 5.76 Å². The van der Waals surface area contributed by atoms with Crippen molar-refractivity contribution >= 4 is 21.8 Å². The van der Waals surface area contributed by atoms with Crippen molar-refractivity contribution in [3.63, 3.8) is 0 Å². The maximum absolute atomic E-state index is 13.1. The maximum atomic E-state index is 13.1. The van der Waals surface area contributed by atoms with Crippen LogP contribution in [0.3, 0.4) is 0 Å². The second kappa shape index (κ2) is 9.56. The van der Waals surface area contributed by atoms with Gasteiger partial charge in [-0.25, -0.2) is 13.1 Å². The van der Waals surface area contributed by atoms with E-state index >= 15 is 0 Å². The first-order valence-corrected chi connectivity index (χ1v) is 12.3. The van der Waals surface area contributed by atoms with Crippen molar-refractivity contribution in [2.24, 2.45) is 0 Å². The zero-order valence-electron chi connectivity index (χ0n) is 19.6. The Morgan fingerprint density at radius 2 is 1.82 bits per heavy atom. The number of hydrogen-bond donors (Lipinski definition) is 2. The number of aryl methyl sites for hydroxylation is 1. The molecule has 1 aromatic carbocycles. The van der Waals surface area contributed by atoms with Gasteiger partial charge in [-0.2, -0.15) is 0 Å². The van der Waals surface area contributed by atoms with Gasteiger partial charge in [-0.05, 0) is 64.8 Å². The van der Waals surface area contributed by atoms with E-state index in [2.05, 4.69) is 10.0 Å². The minimum atomic E-state index is -3.90. The monoisotopic (exact) mass is 477 g/mol. The number of furan rings is 1. The summed E-state index contributed by atoms with van der Waals surface area (Å²) < 4.78 is 38.8. The van der Waals surface area contributed by atoms with Gasteiger partial charge in [0, 0.05) is 35.8 Å². The van der Waals surface area contributed by atoms with Crippen LogP contribution in [0.5, 0.6) is 5.75 Å². The molecule has 1 aliphatic heterocycles. The molecule has 0 spiro atoms. The first kappa shape index (κ1) is 24.8. The van der Waals surface area contributed by atoms with Crippen molar-refractivity contribution < 1.29 is 27.2 Å². The Kier molecular flexibility index (Phi) is 7.18. The van der Waals surface area contributed by atoms with E-state index in [1.54, 1.807) is 44.7 Å². The summed E-state index contributed by atoms with van der Waals surface area (Å²) in [7, 11) is -2.51. The lowest BCUT2D eigenvalue weighted by atomic mass is 10.0. The number of carbonyl (C=O) groups is 2. The number of nitrogens with zero attached hydrogens (tertiary/aromatic N) is 1. The van der Waals surface area contributed by atoms with Crippen molar-refractivity contribution in [3.8, 4) is 5.75 Å². The van der Waals surface area contributed by atoms with Gasteiger partial charge in [-0.1, -0.05) is 0 Å². The Hall–Kier alpha value is -2.85. The molecule has 1 saturated heterocycles. The van der Waals surface area contributed by atoms with E-state index in [0.717, 1.165) is 5.56 Å². The second-order valence-corrected chi connectivity index (χ2v) is 10.8. The molecular formula is C23H31N3O6S. The zero-order valence-corrected chi connectivity index (χ0v) is 20.4. The van der Waals surface area contributed by atoms with Crippen LogP contribution in [0.4, 0.5) is 0 Å². The van der Waals surface area contributed by atoms with Crippen LogP contribution in [0, 0.1) is 6.92 Å². The summed E-state index contributed by atoms with van der Waals surface area (Å²) in [4.78, 5) is 27.0. The van der Waals surface area contributed by atoms with Crippen LogP contribution in [0.25, 0.3) is 0 Å². The topological polar surface area (TPSA) is 118 Å². The van der Waals surface area contributed by atoms with Gasteiger partial charge < -0.3 is 19.4 Å². The van der Waals surface area contributed by atoms with Crippen LogP contribution in [0.15, 0.2) is 39.8 Å². The van der Waals surface area contributed by atoms with Crippen LogP contribution < -0.4 is 14.8 Å². The lowest BCUT2D eigenvalue weighted by molar-refractivity contribution is 0.0695. The summed E-state index contributed by atoms with van der Waals surface area (Å²) in [5, 5.41) is 2.95. The third kappa shape index (κ3) is 5.94. The van der Waals surface area contributed by atoms with Gasteiger partial charge in [0.25, 0.3) is 11.8 Å². The number of nitrogens with one attached hydrogen (secondary N) is 2. The van der Waals surface area contributed by atoms with Gasteiger partial charge in [0.05, 0.1) is 13.4 Å². The smallest absolute Gasteiger partial charge is 0.287 e. The number of sulfonamides is 1. The minimum absolute atomic E-state index is 0.0751. The van der Waals surface area contributed by atoms with E-state index in [4.69, 9.17) is 9.15 Å². The quantitative estimate of drug-likeness (QED) is 0.661. The molecular weight excluding hydrogens is 446 g/mol. The fourth-order valence-corrected chi connectivity index (χ4v) is 5.36. The van der Waals surface area contributed by atoms with E-state index in [1.807, 2.05) is 0 Å². The molecule has 0 saturated carbocycles. The first-order valence-electron chi connectivity index (χ1n) is 10.8. The molecule has 0 atom stereocenters. The van der Waals surface area contributed by atoms with E-state index in [0.29, 0.717) is 31.7 Å². The fraction of sp³-hybridized carbons (Fsp3) is 0.478. The molecule has 2 N–H and O–H groups in total. The molecule has 33 heavy (non-hydrogen) atoms. The number of methoxy groups -OCH3 is 1. The Morgan fingerprint density at radius 1 is 1.15 bits per heavy atom. The predicted molar refractivity (Wildman–Crippen MR) is 123 cm³/mol. The Bertz CT molecular complexity index is 1130. The molecule has 9 nitrogen and oxygen atoms in total. The van der Waals surface area contributed by atoms with E-state index in [1.165, 1.54) is 25.5 Å². The molecule has 1 fully saturated rings. The number of amides is 2. The highest BCUT2D eigenvalue weighted by atomic mass is 32.2. The lowest BCUT2D eigenvalue weighted by Gasteiger charge is -2.32. The molecule has 1 aliphatic rings. The number of rotatable bonds is 6. The summed E-state index contributed by atoms with van der Waals surface area (Å²) in [5.41, 5.74) is 0.342. The van der Waals surface area contributed by atoms with Crippen LogP contribution >= 0.6 is 0 Å². The molecule has 2 amide bonds. The maximum Gasteiger partial charge on any atom is 0.287 e. The van der Waals surface area contributed by atoms with Gasteiger partial charge in [0.2, 0.25) is 10.0 Å². The van der Waals surface area contributed by atoms with E-state index in [-0.39, 0.29) is 34.1 Å². The Morgan fingerprint density at radius 3 is 2.36 bits per heavy atom. The van der Waals surface area contributed by atoms with Crippen LogP contribution in [-0.2, 0) is 10.0 Å². The van der Waals surface area contributed by atoms with Crippen molar-refractivity contribution in [2.45, 2.75) is 57.0 Å². The zero-order chi connectivity index (χ0) is 24.4. The number of ether oxygens (including phenoxy) is 1. The molecule has 0 bridgehead atoms. The van der Waals surface area contributed by atoms with Gasteiger partial charge in [0.1, 0.15) is 10.6 Å². The van der Waals surface area contributed by atoms with Gasteiger partial charge in [-0.3, -0.25) is 9.59 Å². The third-order valence-electron chi connectivity index (χ3n) is 5.33. The molecule has 1 aromatic heterocycles. The lowest BCUT2D eigenvalue weighted by Crippen LogP contribution is -2.46. The van der Waals surface area contributed by atoms with E-state index in [9.17, 15) is 18.0 Å². The molecule has 180 valence electrons. The average Bonchev–Trinajstić information content (AvgIpc) is 3.17. The summed E-state index contributed by atoms with van der Waals surface area (Å²) in [6.45, 7) is 7.90. The van der Waals surface area contributed by atoms with Gasteiger partial charge >= 0.3 is 0 Å². The Balaban J connectivity index is 1.69. The largest absolute Gasteiger partial charge is 0.495 e. The highest BCUT2D eigenvalue weighted by Gasteiger charge is 2.29. The van der Waals surface area contributed by atoms with Crippen LogP contribution in [0.1, 0.15) is 60.1 Å². The first-order chi connectivity index (χ1) is 15.4. The summed E-state index contributed by atoms with van der Waals surface area (Å²) in [6.07, 6.45) is 2.65. The SMILES string of the molecule is COc1ccc(C(=O)N2CCC(NC(=O)c3occc3C)CC2)cc1S(=O)(=O)NC(C)(C)C. The average molecular weight is 478 g/mol.